The van der Waals surface area contributed by atoms with Gasteiger partial charge in [-0.25, -0.2) is 4.98 Å². The first-order valence-corrected chi connectivity index (χ1v) is 6.27. The van der Waals surface area contributed by atoms with Crippen molar-refractivity contribution in [1.29, 1.82) is 0 Å². The molecule has 0 aliphatic rings. The predicted octanol–water partition coefficient (Wildman–Crippen LogP) is 1.67. The number of pyridine rings is 1. The van der Waals surface area contributed by atoms with Crippen LogP contribution in [0.25, 0.3) is 0 Å². The average Bonchev–Trinajstić information content (AvgIpc) is 2.42. The number of carbonyl (C=O) groups excluding carboxylic acids is 1. The molecule has 0 radical (unpaired) electrons. The summed E-state index contributed by atoms with van der Waals surface area (Å²) in [5.74, 6) is -0.145. The summed E-state index contributed by atoms with van der Waals surface area (Å²) in [5, 5.41) is 5.77. The van der Waals surface area contributed by atoms with Gasteiger partial charge in [0.15, 0.2) is 0 Å². The van der Waals surface area contributed by atoms with Crippen molar-refractivity contribution < 1.29 is 9.53 Å². The maximum atomic E-state index is 11.7. The quantitative estimate of drug-likeness (QED) is 0.690. The molecule has 5 heteroatoms. The molecule has 0 saturated heterocycles. The van der Waals surface area contributed by atoms with Crippen LogP contribution in [0.3, 0.4) is 0 Å². The molecule has 0 fully saturated rings. The van der Waals surface area contributed by atoms with E-state index in [2.05, 4.69) is 22.5 Å². The first kappa shape index (κ1) is 14.4. The minimum Gasteiger partial charge on any atom is -0.387 e. The summed E-state index contributed by atoms with van der Waals surface area (Å²) in [6, 6.07) is 3.53. The molecule has 5 nitrogen and oxygen atoms in total. The summed E-state index contributed by atoms with van der Waals surface area (Å²) in [7, 11) is 1.81. The maximum Gasteiger partial charge on any atom is 0.269 e. The first-order chi connectivity index (χ1) is 8.77. The van der Waals surface area contributed by atoms with Crippen molar-refractivity contribution in [3.05, 3.63) is 24.0 Å². The Balaban J connectivity index is 2.23. The highest BCUT2D eigenvalue weighted by atomic mass is 16.5. The molecule has 1 amide bonds. The number of amides is 1. The van der Waals surface area contributed by atoms with Crippen LogP contribution in [-0.2, 0) is 4.74 Å². The summed E-state index contributed by atoms with van der Waals surface area (Å²) in [6.45, 7) is 4.14. The van der Waals surface area contributed by atoms with Crippen molar-refractivity contribution in [2.24, 2.45) is 0 Å². The fourth-order valence-corrected chi connectivity index (χ4v) is 1.39. The molecule has 1 heterocycles. The van der Waals surface area contributed by atoms with Crippen molar-refractivity contribution in [2.45, 2.75) is 19.8 Å². The van der Waals surface area contributed by atoms with Gasteiger partial charge in [-0.3, -0.25) is 4.79 Å². The van der Waals surface area contributed by atoms with Gasteiger partial charge in [0.25, 0.3) is 5.91 Å². The molecular weight excluding hydrogens is 230 g/mol. The number of carbonyl (C=O) groups is 1. The number of nitrogens with one attached hydrogen (secondary N) is 2. The van der Waals surface area contributed by atoms with Gasteiger partial charge in [-0.15, -0.1) is 0 Å². The van der Waals surface area contributed by atoms with Gasteiger partial charge in [-0.05, 0) is 25.0 Å². The normalized spacial score (nSPS) is 10.1. The van der Waals surface area contributed by atoms with Gasteiger partial charge in [0, 0.05) is 26.8 Å². The van der Waals surface area contributed by atoms with Gasteiger partial charge in [0.2, 0.25) is 0 Å². The summed E-state index contributed by atoms with van der Waals surface area (Å²) < 4.78 is 5.33. The molecule has 0 atom stereocenters. The Morgan fingerprint density at radius 2 is 2.22 bits per heavy atom. The molecule has 0 bridgehead atoms. The zero-order chi connectivity index (χ0) is 13.2. The number of rotatable bonds is 8. The Kier molecular flexibility index (Phi) is 6.79. The zero-order valence-corrected chi connectivity index (χ0v) is 11.0. The largest absolute Gasteiger partial charge is 0.387 e. The monoisotopic (exact) mass is 251 g/mol. The van der Waals surface area contributed by atoms with E-state index in [1.54, 1.807) is 12.3 Å². The molecule has 0 saturated carbocycles. The number of aromatic nitrogens is 1. The third-order valence-corrected chi connectivity index (χ3v) is 2.38. The molecule has 18 heavy (non-hydrogen) atoms. The second kappa shape index (κ2) is 8.47. The smallest absolute Gasteiger partial charge is 0.269 e. The van der Waals surface area contributed by atoms with E-state index in [1.807, 2.05) is 13.1 Å². The van der Waals surface area contributed by atoms with Gasteiger partial charge in [0.1, 0.15) is 5.69 Å². The van der Waals surface area contributed by atoms with E-state index in [9.17, 15) is 4.79 Å². The van der Waals surface area contributed by atoms with Crippen LogP contribution in [-0.4, -0.2) is 37.7 Å². The van der Waals surface area contributed by atoms with Gasteiger partial charge in [-0.2, -0.15) is 0 Å². The maximum absolute atomic E-state index is 11.7. The van der Waals surface area contributed by atoms with Gasteiger partial charge in [0.05, 0.1) is 11.9 Å². The molecule has 0 aromatic carbocycles. The van der Waals surface area contributed by atoms with Crippen LogP contribution in [0.4, 0.5) is 5.69 Å². The number of nitrogens with zero attached hydrogens (tertiary/aromatic N) is 1. The topological polar surface area (TPSA) is 63.2 Å². The van der Waals surface area contributed by atoms with Crippen LogP contribution in [0.1, 0.15) is 30.3 Å². The minimum atomic E-state index is -0.145. The Bertz CT molecular complexity index is 352. The molecule has 1 aromatic heterocycles. The lowest BCUT2D eigenvalue weighted by Crippen LogP contribution is -2.26. The molecule has 2 N–H and O–H groups in total. The van der Waals surface area contributed by atoms with Crippen LogP contribution in [0.15, 0.2) is 18.3 Å². The van der Waals surface area contributed by atoms with Gasteiger partial charge in [-0.1, -0.05) is 6.92 Å². The van der Waals surface area contributed by atoms with E-state index >= 15 is 0 Å². The highest BCUT2D eigenvalue weighted by Crippen LogP contribution is 2.04. The zero-order valence-electron chi connectivity index (χ0n) is 11.0. The number of hydrogen-bond acceptors (Lipinski definition) is 4. The molecule has 1 aromatic rings. The fourth-order valence-electron chi connectivity index (χ4n) is 1.39. The molecular formula is C13H21N3O2. The van der Waals surface area contributed by atoms with Crippen LogP contribution in [0.2, 0.25) is 0 Å². The summed E-state index contributed by atoms with van der Waals surface area (Å²) >= 11 is 0. The van der Waals surface area contributed by atoms with Crippen molar-refractivity contribution in [2.75, 3.05) is 32.1 Å². The summed E-state index contributed by atoms with van der Waals surface area (Å²) in [5.41, 5.74) is 1.32. The lowest BCUT2D eigenvalue weighted by Gasteiger charge is -2.06. The van der Waals surface area contributed by atoms with Gasteiger partial charge >= 0.3 is 0 Å². The number of ether oxygens (including phenoxy) is 1. The van der Waals surface area contributed by atoms with E-state index in [4.69, 9.17) is 4.74 Å². The van der Waals surface area contributed by atoms with Crippen LogP contribution >= 0.6 is 0 Å². The lowest BCUT2D eigenvalue weighted by molar-refractivity contribution is 0.0936. The SMILES string of the molecule is CCCOCCCNC(=O)c1ccc(NC)cn1. The van der Waals surface area contributed by atoms with E-state index in [1.165, 1.54) is 0 Å². The highest BCUT2D eigenvalue weighted by molar-refractivity contribution is 5.92. The number of anilines is 1. The third-order valence-electron chi connectivity index (χ3n) is 2.38. The Morgan fingerprint density at radius 1 is 1.39 bits per heavy atom. The highest BCUT2D eigenvalue weighted by Gasteiger charge is 2.05. The van der Waals surface area contributed by atoms with E-state index < -0.39 is 0 Å². The second-order valence-electron chi connectivity index (χ2n) is 3.90. The van der Waals surface area contributed by atoms with Crippen LogP contribution in [0.5, 0.6) is 0 Å². The predicted molar refractivity (Wildman–Crippen MR) is 71.8 cm³/mol. The van der Waals surface area contributed by atoms with E-state index in [-0.39, 0.29) is 5.91 Å². The van der Waals surface area contributed by atoms with Crippen LogP contribution in [0, 0.1) is 0 Å². The second-order valence-corrected chi connectivity index (χ2v) is 3.90. The Morgan fingerprint density at radius 3 is 2.83 bits per heavy atom. The van der Waals surface area contributed by atoms with E-state index in [0.717, 1.165) is 25.1 Å². The van der Waals surface area contributed by atoms with Crippen molar-refractivity contribution in [3.63, 3.8) is 0 Å². The standard InChI is InChI=1S/C13H21N3O2/c1-3-8-18-9-4-7-15-13(17)12-6-5-11(14-2)10-16-12/h5-6,10,14H,3-4,7-9H2,1-2H3,(H,15,17). The van der Waals surface area contributed by atoms with Crippen molar-refractivity contribution >= 4 is 11.6 Å². The van der Waals surface area contributed by atoms with Crippen LogP contribution < -0.4 is 10.6 Å². The summed E-state index contributed by atoms with van der Waals surface area (Å²) in [4.78, 5) is 15.8. The summed E-state index contributed by atoms with van der Waals surface area (Å²) in [6.07, 6.45) is 3.48. The van der Waals surface area contributed by atoms with E-state index in [0.29, 0.717) is 18.8 Å². The number of hydrogen-bond donors (Lipinski definition) is 2. The fraction of sp³-hybridized carbons (Fsp3) is 0.538. The first-order valence-electron chi connectivity index (χ1n) is 6.27. The Labute approximate surface area is 108 Å². The minimum absolute atomic E-state index is 0.145. The Hall–Kier alpha value is -1.62. The molecule has 100 valence electrons. The molecule has 1 rings (SSSR count). The third kappa shape index (κ3) is 5.14. The average molecular weight is 251 g/mol. The van der Waals surface area contributed by atoms with Gasteiger partial charge < -0.3 is 15.4 Å². The molecule has 0 aliphatic heterocycles. The molecule has 0 unspecified atom stereocenters. The van der Waals surface area contributed by atoms with Crippen molar-refractivity contribution in [3.8, 4) is 0 Å². The van der Waals surface area contributed by atoms with Crippen molar-refractivity contribution in [1.82, 2.24) is 10.3 Å². The lowest BCUT2D eigenvalue weighted by atomic mass is 10.3. The molecule has 0 aliphatic carbocycles. The molecule has 0 spiro atoms.